The van der Waals surface area contributed by atoms with Crippen molar-refractivity contribution in [2.24, 2.45) is 28.0 Å². The average molecular weight is 264 g/mol. The number of nitrogens with one attached hydrogen (secondary N) is 1. The summed E-state index contributed by atoms with van der Waals surface area (Å²) in [7, 11) is 0. The Morgan fingerprint density at radius 3 is 2.21 bits per heavy atom. The molecule has 4 rings (SSSR count). The monoisotopic (exact) mass is 264 g/mol. The summed E-state index contributed by atoms with van der Waals surface area (Å²) in [5.41, 5.74) is 4.99. The highest BCUT2D eigenvalue weighted by Gasteiger charge is 2.59. The highest BCUT2D eigenvalue weighted by molar-refractivity contribution is 5.10. The van der Waals surface area contributed by atoms with Crippen LogP contribution in [0.1, 0.15) is 78.6 Å². The maximum Gasteiger partial charge on any atom is 0.0215 e. The van der Waals surface area contributed by atoms with Gasteiger partial charge in [-0.3, -0.25) is 11.3 Å². The first kappa shape index (κ1) is 13.9. The van der Waals surface area contributed by atoms with Crippen molar-refractivity contribution in [2.45, 2.75) is 84.6 Å². The summed E-state index contributed by atoms with van der Waals surface area (Å²) in [5, 5.41) is 0. The van der Waals surface area contributed by atoms with Gasteiger partial charge in [-0.25, -0.2) is 0 Å². The van der Waals surface area contributed by atoms with E-state index in [1.165, 1.54) is 57.8 Å². The third-order valence-corrected chi connectivity index (χ3v) is 6.29. The summed E-state index contributed by atoms with van der Waals surface area (Å²) in [6.07, 6.45) is 12.7. The summed E-state index contributed by atoms with van der Waals surface area (Å²) in [4.78, 5) is 0. The Morgan fingerprint density at radius 2 is 1.74 bits per heavy atom. The molecular formula is C17H32N2. The Balaban J connectivity index is 1.80. The molecule has 0 amide bonds. The third-order valence-electron chi connectivity index (χ3n) is 6.29. The van der Waals surface area contributed by atoms with E-state index in [0.717, 1.165) is 5.92 Å². The lowest BCUT2D eigenvalue weighted by molar-refractivity contribution is -0.150. The van der Waals surface area contributed by atoms with E-state index in [1.54, 1.807) is 0 Å². The van der Waals surface area contributed by atoms with Gasteiger partial charge in [0.15, 0.2) is 0 Å². The van der Waals surface area contributed by atoms with E-state index in [-0.39, 0.29) is 0 Å². The average Bonchev–Trinajstić information content (AvgIpc) is 2.22. The van der Waals surface area contributed by atoms with E-state index >= 15 is 0 Å². The second-order valence-corrected chi connectivity index (χ2v) is 8.99. The molecule has 19 heavy (non-hydrogen) atoms. The van der Waals surface area contributed by atoms with Gasteiger partial charge in [0.25, 0.3) is 0 Å². The Hall–Kier alpha value is -0.0800. The van der Waals surface area contributed by atoms with E-state index in [1.807, 2.05) is 0 Å². The van der Waals surface area contributed by atoms with Crippen molar-refractivity contribution in [3.63, 3.8) is 0 Å². The Bertz CT molecular complexity index is 333. The molecule has 2 nitrogen and oxygen atoms in total. The van der Waals surface area contributed by atoms with Crippen molar-refractivity contribution >= 4 is 0 Å². The molecule has 2 heteroatoms. The van der Waals surface area contributed by atoms with Gasteiger partial charge in [-0.15, -0.1) is 0 Å². The van der Waals surface area contributed by atoms with Crippen LogP contribution in [-0.4, -0.2) is 6.04 Å². The zero-order valence-corrected chi connectivity index (χ0v) is 13.1. The topological polar surface area (TPSA) is 38.0 Å². The number of nitrogens with two attached hydrogens (primary N) is 1. The molecule has 0 aromatic rings. The van der Waals surface area contributed by atoms with Gasteiger partial charge < -0.3 is 0 Å². The predicted molar refractivity (Wildman–Crippen MR) is 80.5 cm³/mol. The van der Waals surface area contributed by atoms with Gasteiger partial charge in [0.1, 0.15) is 0 Å². The minimum absolute atomic E-state index is 0.536. The molecule has 3 unspecified atom stereocenters. The molecule has 0 aliphatic heterocycles. The van der Waals surface area contributed by atoms with Gasteiger partial charge in [-0.05, 0) is 73.5 Å². The van der Waals surface area contributed by atoms with E-state index < -0.39 is 0 Å². The molecule has 4 fully saturated rings. The summed E-state index contributed by atoms with van der Waals surface area (Å²) >= 11 is 0. The zero-order valence-electron chi connectivity index (χ0n) is 13.1. The maximum atomic E-state index is 5.80. The molecule has 0 radical (unpaired) electrons. The fraction of sp³-hybridized carbons (Fsp3) is 1.00. The fourth-order valence-corrected chi connectivity index (χ4v) is 7.03. The molecule has 4 aliphatic carbocycles. The molecule has 3 atom stereocenters. The SMILES string of the molecule is CCCC(CC12CC3CC(C)(CC(C)(C3)C1)C2)NN. The van der Waals surface area contributed by atoms with Crippen LogP contribution in [0.3, 0.4) is 0 Å². The van der Waals surface area contributed by atoms with Crippen molar-refractivity contribution < 1.29 is 0 Å². The van der Waals surface area contributed by atoms with Gasteiger partial charge in [-0.1, -0.05) is 27.2 Å². The van der Waals surface area contributed by atoms with Crippen LogP contribution in [0.4, 0.5) is 0 Å². The molecule has 4 saturated carbocycles. The van der Waals surface area contributed by atoms with E-state index in [2.05, 4.69) is 26.2 Å². The molecule has 4 bridgehead atoms. The molecule has 110 valence electrons. The van der Waals surface area contributed by atoms with Crippen LogP contribution < -0.4 is 11.3 Å². The van der Waals surface area contributed by atoms with Crippen molar-refractivity contribution in [3.05, 3.63) is 0 Å². The second kappa shape index (κ2) is 4.46. The minimum Gasteiger partial charge on any atom is -0.271 e. The first-order valence-corrected chi connectivity index (χ1v) is 8.36. The van der Waals surface area contributed by atoms with E-state index in [0.29, 0.717) is 22.3 Å². The van der Waals surface area contributed by atoms with E-state index in [4.69, 9.17) is 5.84 Å². The molecule has 4 aliphatic rings. The summed E-state index contributed by atoms with van der Waals surface area (Å²) in [5.74, 6) is 6.81. The largest absolute Gasteiger partial charge is 0.271 e. The van der Waals surface area contributed by atoms with Crippen molar-refractivity contribution in [1.82, 2.24) is 5.43 Å². The number of rotatable bonds is 5. The molecule has 0 aromatic heterocycles. The van der Waals surface area contributed by atoms with Crippen LogP contribution in [0.5, 0.6) is 0 Å². The van der Waals surface area contributed by atoms with Gasteiger partial charge in [0.05, 0.1) is 0 Å². The smallest absolute Gasteiger partial charge is 0.0215 e. The van der Waals surface area contributed by atoms with Gasteiger partial charge in [-0.2, -0.15) is 0 Å². The highest BCUT2D eigenvalue weighted by Crippen LogP contribution is 2.70. The second-order valence-electron chi connectivity index (χ2n) is 8.99. The number of hydrogen-bond acceptors (Lipinski definition) is 2. The van der Waals surface area contributed by atoms with Crippen LogP contribution in [0.15, 0.2) is 0 Å². The highest BCUT2D eigenvalue weighted by atomic mass is 15.2. The van der Waals surface area contributed by atoms with Gasteiger partial charge in [0.2, 0.25) is 0 Å². The summed E-state index contributed by atoms with van der Waals surface area (Å²) in [6.45, 7) is 7.40. The maximum absolute atomic E-state index is 5.80. The molecule has 0 aromatic carbocycles. The lowest BCUT2D eigenvalue weighted by Crippen LogP contribution is -2.56. The zero-order chi connectivity index (χ0) is 13.7. The lowest BCUT2D eigenvalue weighted by Gasteiger charge is -2.66. The molecule has 3 N–H and O–H groups in total. The van der Waals surface area contributed by atoms with Gasteiger partial charge in [0, 0.05) is 6.04 Å². The Kier molecular flexibility index (Phi) is 3.26. The Labute approximate surface area is 118 Å². The predicted octanol–water partition coefficient (Wildman–Crippen LogP) is 4.01. The normalized spacial score (nSPS) is 49.6. The number of hydrazine groups is 1. The first-order chi connectivity index (χ1) is 8.90. The van der Waals surface area contributed by atoms with Crippen molar-refractivity contribution in [2.75, 3.05) is 0 Å². The summed E-state index contributed by atoms with van der Waals surface area (Å²) in [6, 6.07) is 0.536. The lowest BCUT2D eigenvalue weighted by atomic mass is 9.39. The van der Waals surface area contributed by atoms with Crippen molar-refractivity contribution in [1.29, 1.82) is 0 Å². The number of hydrogen-bond donors (Lipinski definition) is 2. The minimum atomic E-state index is 0.536. The first-order valence-electron chi connectivity index (χ1n) is 8.36. The van der Waals surface area contributed by atoms with Crippen LogP contribution in [0, 0.1) is 22.2 Å². The van der Waals surface area contributed by atoms with Crippen LogP contribution in [0.25, 0.3) is 0 Å². The van der Waals surface area contributed by atoms with Crippen LogP contribution >= 0.6 is 0 Å². The van der Waals surface area contributed by atoms with E-state index in [9.17, 15) is 0 Å². The molecule has 0 saturated heterocycles. The van der Waals surface area contributed by atoms with Crippen LogP contribution in [-0.2, 0) is 0 Å². The third kappa shape index (κ3) is 2.47. The molecule has 0 spiro atoms. The molecular weight excluding hydrogens is 232 g/mol. The molecule has 0 heterocycles. The van der Waals surface area contributed by atoms with Crippen LogP contribution in [0.2, 0.25) is 0 Å². The fourth-order valence-electron chi connectivity index (χ4n) is 7.03. The standard InChI is InChI=1S/C17H32N2/c1-4-5-14(19-18)9-17-8-13-6-15(2,11-17)10-16(3,7-13)12-17/h13-14,19H,4-12,18H2,1-3H3. The van der Waals surface area contributed by atoms with Crippen molar-refractivity contribution in [3.8, 4) is 0 Å². The quantitative estimate of drug-likeness (QED) is 0.582. The van der Waals surface area contributed by atoms with Gasteiger partial charge >= 0.3 is 0 Å². The summed E-state index contributed by atoms with van der Waals surface area (Å²) < 4.78 is 0. The Morgan fingerprint density at radius 1 is 1.11 bits per heavy atom.